The molecule has 0 atom stereocenters. The maximum absolute atomic E-state index is 13.4. The van der Waals surface area contributed by atoms with E-state index in [1.54, 1.807) is 4.90 Å². The number of aromatic nitrogens is 2. The van der Waals surface area contributed by atoms with Crippen LogP contribution >= 0.6 is 0 Å². The number of nitrogens with zero attached hydrogens (tertiary/aromatic N) is 3. The molecule has 0 saturated carbocycles. The molecule has 0 spiro atoms. The Kier molecular flexibility index (Phi) is 10.6. The molecule has 0 unspecified atom stereocenters. The maximum atomic E-state index is 13.4. The van der Waals surface area contributed by atoms with Crippen LogP contribution in [0.3, 0.4) is 0 Å². The summed E-state index contributed by atoms with van der Waals surface area (Å²) in [5.41, 5.74) is 2.26. The van der Waals surface area contributed by atoms with Crippen molar-refractivity contribution in [2.45, 2.75) is 13.5 Å². The molecule has 178 valence electrons. The number of rotatable bonds is 8. The molecule has 0 fully saturated rings. The van der Waals surface area contributed by atoms with Gasteiger partial charge in [-0.2, -0.15) is 4.98 Å². The van der Waals surface area contributed by atoms with Crippen molar-refractivity contribution in [3.63, 3.8) is 0 Å². The molecule has 34 heavy (non-hydrogen) atoms. The lowest BCUT2D eigenvalue weighted by Gasteiger charge is -2.22. The van der Waals surface area contributed by atoms with Crippen molar-refractivity contribution in [2.24, 2.45) is 0 Å². The number of carbonyl (C=O) groups excluding carboxylic acids is 1. The number of para-hydroxylation sites is 1. The van der Waals surface area contributed by atoms with Crippen LogP contribution in [0.2, 0.25) is 0 Å². The summed E-state index contributed by atoms with van der Waals surface area (Å²) in [6.45, 7) is 2.91. The molecule has 0 bridgehead atoms. The lowest BCUT2D eigenvalue weighted by Crippen LogP contribution is -2.31. The van der Waals surface area contributed by atoms with Gasteiger partial charge in [-0.3, -0.25) is 4.79 Å². The highest BCUT2D eigenvalue weighted by Gasteiger charge is 2.21. The van der Waals surface area contributed by atoms with E-state index in [1.165, 1.54) is 13.3 Å². The summed E-state index contributed by atoms with van der Waals surface area (Å²) < 4.78 is 8.82. The summed E-state index contributed by atoms with van der Waals surface area (Å²) in [6, 6.07) is 19.7. The molecule has 0 aliphatic rings. The number of hydrogen-bond donors (Lipinski definition) is 2. The number of methoxy groups -OCH3 is 2. The molecule has 1 heterocycles. The van der Waals surface area contributed by atoms with Gasteiger partial charge >= 0.3 is 12.2 Å². The Balaban J connectivity index is 0.000000739. The van der Waals surface area contributed by atoms with Gasteiger partial charge in [0, 0.05) is 25.0 Å². The van der Waals surface area contributed by atoms with E-state index in [2.05, 4.69) is 20.0 Å². The number of benzene rings is 2. The predicted octanol–water partition coefficient (Wildman–Crippen LogP) is 4.76. The molecule has 0 radical (unpaired) electrons. The summed E-state index contributed by atoms with van der Waals surface area (Å²) in [5.74, 6) is 0.250. The number of carbonyl (C=O) groups is 2. The standard InChI is InChI=1S/C23H24N4O2.C2H4O3/c1-3-4-15-27(17-18-11-7-5-8-12-18)22(28)20-16-24-23(29-2)26-21(20)25-19-13-9-6-10-14-19;1-5-2(3)4/h3-14,16H,15,17H2,1-2H3,(H,24,25,26);1H3,(H,3,4)/b4-3+;. The number of hydrogen-bond acceptors (Lipinski definition) is 7. The third-order valence-electron chi connectivity index (χ3n) is 4.46. The number of ether oxygens (including phenoxy) is 2. The van der Waals surface area contributed by atoms with Gasteiger partial charge in [-0.05, 0) is 24.6 Å². The topological polar surface area (TPSA) is 114 Å². The zero-order chi connectivity index (χ0) is 24.8. The fourth-order valence-electron chi connectivity index (χ4n) is 2.80. The fourth-order valence-corrected chi connectivity index (χ4v) is 2.80. The summed E-state index contributed by atoms with van der Waals surface area (Å²) in [4.78, 5) is 32.8. The van der Waals surface area contributed by atoms with Crippen LogP contribution in [0.1, 0.15) is 22.8 Å². The zero-order valence-corrected chi connectivity index (χ0v) is 19.3. The van der Waals surface area contributed by atoms with Gasteiger partial charge in [-0.1, -0.05) is 60.7 Å². The molecule has 9 heteroatoms. The van der Waals surface area contributed by atoms with Crippen LogP contribution in [-0.2, 0) is 11.3 Å². The second-order valence-corrected chi connectivity index (χ2v) is 6.82. The average molecular weight is 465 g/mol. The van der Waals surface area contributed by atoms with Gasteiger partial charge in [0.2, 0.25) is 0 Å². The van der Waals surface area contributed by atoms with Crippen LogP contribution in [0.25, 0.3) is 0 Å². The third-order valence-corrected chi connectivity index (χ3v) is 4.46. The lowest BCUT2D eigenvalue weighted by molar-refractivity contribution is 0.0762. The molecule has 3 aromatic rings. The Morgan fingerprint density at radius 3 is 2.24 bits per heavy atom. The Labute approximate surface area is 198 Å². The lowest BCUT2D eigenvalue weighted by atomic mass is 10.2. The molecular formula is C25H28N4O5. The summed E-state index contributed by atoms with van der Waals surface area (Å²) >= 11 is 0. The van der Waals surface area contributed by atoms with Crippen LogP contribution in [-0.4, -0.2) is 52.8 Å². The van der Waals surface area contributed by atoms with Crippen molar-refractivity contribution in [3.8, 4) is 6.01 Å². The van der Waals surface area contributed by atoms with E-state index in [-0.39, 0.29) is 11.9 Å². The number of amides is 1. The van der Waals surface area contributed by atoms with Crippen molar-refractivity contribution in [3.05, 3.63) is 90.1 Å². The first kappa shape index (κ1) is 25.9. The Bertz CT molecular complexity index is 1080. The Hall–Kier alpha value is -4.40. The van der Waals surface area contributed by atoms with Crippen LogP contribution in [0, 0.1) is 0 Å². The van der Waals surface area contributed by atoms with Gasteiger partial charge in [0.15, 0.2) is 5.82 Å². The second-order valence-electron chi connectivity index (χ2n) is 6.82. The molecule has 2 N–H and O–H groups in total. The number of allylic oxidation sites excluding steroid dienone is 1. The summed E-state index contributed by atoms with van der Waals surface area (Å²) in [5, 5.41) is 10.7. The SMILES string of the molecule is C/C=C/CN(Cc1ccccc1)C(=O)c1cnc(OC)nc1Nc1ccccc1.COC(=O)O. The number of nitrogens with one attached hydrogen (secondary N) is 1. The predicted molar refractivity (Wildman–Crippen MR) is 129 cm³/mol. The van der Waals surface area contributed by atoms with Gasteiger partial charge < -0.3 is 24.8 Å². The van der Waals surface area contributed by atoms with E-state index in [0.29, 0.717) is 24.5 Å². The quantitative estimate of drug-likeness (QED) is 0.362. The summed E-state index contributed by atoms with van der Waals surface area (Å²) in [7, 11) is 2.60. The molecule has 1 aromatic heterocycles. The molecule has 1 amide bonds. The van der Waals surface area contributed by atoms with Crippen molar-refractivity contribution in [1.29, 1.82) is 0 Å². The van der Waals surface area contributed by atoms with Crippen LogP contribution in [0.15, 0.2) is 79.0 Å². The highest BCUT2D eigenvalue weighted by Crippen LogP contribution is 2.22. The van der Waals surface area contributed by atoms with Crippen molar-refractivity contribution in [2.75, 3.05) is 26.1 Å². The smallest absolute Gasteiger partial charge is 0.467 e. The van der Waals surface area contributed by atoms with Gasteiger partial charge in [0.05, 0.1) is 14.2 Å². The van der Waals surface area contributed by atoms with E-state index >= 15 is 0 Å². The summed E-state index contributed by atoms with van der Waals surface area (Å²) in [6.07, 6.45) is 4.15. The maximum Gasteiger partial charge on any atom is 0.505 e. The third kappa shape index (κ3) is 8.27. The van der Waals surface area contributed by atoms with Crippen LogP contribution in [0.4, 0.5) is 16.3 Å². The highest BCUT2D eigenvalue weighted by atomic mass is 16.6. The first-order valence-corrected chi connectivity index (χ1v) is 10.4. The van der Waals surface area contributed by atoms with E-state index in [0.717, 1.165) is 18.4 Å². The van der Waals surface area contributed by atoms with E-state index in [9.17, 15) is 4.79 Å². The molecule has 2 aromatic carbocycles. The fraction of sp³-hybridized carbons (Fsp3) is 0.200. The van der Waals surface area contributed by atoms with Gasteiger partial charge in [-0.15, -0.1) is 0 Å². The average Bonchev–Trinajstić information content (AvgIpc) is 2.87. The largest absolute Gasteiger partial charge is 0.505 e. The number of carboxylic acid groups (broad SMARTS) is 1. The normalized spacial score (nSPS) is 10.1. The van der Waals surface area contributed by atoms with Crippen molar-refractivity contribution < 1.29 is 24.2 Å². The van der Waals surface area contributed by atoms with E-state index < -0.39 is 6.16 Å². The number of anilines is 2. The first-order valence-electron chi connectivity index (χ1n) is 10.4. The minimum Gasteiger partial charge on any atom is -0.467 e. The van der Waals surface area contributed by atoms with Gasteiger partial charge in [0.25, 0.3) is 5.91 Å². The second kappa shape index (κ2) is 13.9. The molecule has 9 nitrogen and oxygen atoms in total. The van der Waals surface area contributed by atoms with Crippen LogP contribution in [0.5, 0.6) is 6.01 Å². The van der Waals surface area contributed by atoms with E-state index in [4.69, 9.17) is 14.6 Å². The van der Waals surface area contributed by atoms with Crippen molar-refractivity contribution >= 4 is 23.6 Å². The molecular weight excluding hydrogens is 436 g/mol. The molecule has 0 aliphatic carbocycles. The Morgan fingerprint density at radius 2 is 1.68 bits per heavy atom. The first-order chi connectivity index (χ1) is 16.5. The molecule has 3 rings (SSSR count). The minimum atomic E-state index is -1.25. The van der Waals surface area contributed by atoms with Gasteiger partial charge in [-0.25, -0.2) is 9.78 Å². The van der Waals surface area contributed by atoms with Crippen LogP contribution < -0.4 is 10.1 Å². The van der Waals surface area contributed by atoms with Gasteiger partial charge in [0.1, 0.15) is 5.56 Å². The monoisotopic (exact) mass is 464 g/mol. The molecule has 0 aliphatic heterocycles. The Morgan fingerprint density at radius 1 is 1.06 bits per heavy atom. The zero-order valence-electron chi connectivity index (χ0n) is 19.3. The minimum absolute atomic E-state index is 0.159. The van der Waals surface area contributed by atoms with E-state index in [1.807, 2.05) is 79.7 Å². The highest BCUT2D eigenvalue weighted by molar-refractivity contribution is 5.99. The van der Waals surface area contributed by atoms with Crippen molar-refractivity contribution in [1.82, 2.24) is 14.9 Å². The molecule has 0 saturated heterocycles.